The molecule has 0 heterocycles. The zero-order chi connectivity index (χ0) is 9.07. The summed E-state index contributed by atoms with van der Waals surface area (Å²) in [6.07, 6.45) is 0. The van der Waals surface area contributed by atoms with Gasteiger partial charge in [0.2, 0.25) is 0 Å². The van der Waals surface area contributed by atoms with Crippen LogP contribution in [-0.4, -0.2) is 23.3 Å². The summed E-state index contributed by atoms with van der Waals surface area (Å²) in [7, 11) is 1.04. The Morgan fingerprint density at radius 2 is 1.91 bits per heavy atom. The van der Waals surface area contributed by atoms with Gasteiger partial charge in [0.15, 0.2) is 0 Å². The number of carbonyl (C=O) groups is 2. The van der Waals surface area contributed by atoms with Crippen LogP contribution in [-0.2, 0) is 14.3 Å². The summed E-state index contributed by atoms with van der Waals surface area (Å²) < 4.78 is 1.83. The molecule has 0 saturated heterocycles. The molecular formula is C4H4Cl3NO3. The van der Waals surface area contributed by atoms with Gasteiger partial charge in [0, 0.05) is 11.8 Å². The number of amides is 1. The second-order valence-electron chi connectivity index (χ2n) is 1.49. The molecule has 64 valence electrons. The zero-order valence-electron chi connectivity index (χ0n) is 5.36. The van der Waals surface area contributed by atoms with E-state index in [1.165, 1.54) is 0 Å². The van der Waals surface area contributed by atoms with Gasteiger partial charge in [0.25, 0.3) is 10.2 Å². The fourth-order valence-electron chi connectivity index (χ4n) is 0.280. The second-order valence-corrected chi connectivity index (χ2v) is 3.01. The standard InChI is InChI=1S/C4H4Cl3NO3/c1-11-3(10)4(5,6)2(9)8-7/h1H3,(H,8,9). The number of carbonyl (C=O) groups excluding carboxylic acids is 2. The number of nitrogens with one attached hydrogen (secondary N) is 1. The van der Waals surface area contributed by atoms with Gasteiger partial charge in [-0.2, -0.15) is 0 Å². The Morgan fingerprint density at radius 3 is 2.18 bits per heavy atom. The highest BCUT2D eigenvalue weighted by molar-refractivity contribution is 6.67. The highest BCUT2D eigenvalue weighted by Crippen LogP contribution is 2.22. The summed E-state index contributed by atoms with van der Waals surface area (Å²) in [5, 5.41) is 0. The predicted molar refractivity (Wildman–Crippen MR) is 40.4 cm³/mol. The molecule has 0 aliphatic carbocycles. The summed E-state index contributed by atoms with van der Waals surface area (Å²) in [5.74, 6) is -2.13. The third-order valence-electron chi connectivity index (χ3n) is 0.813. The van der Waals surface area contributed by atoms with Crippen LogP contribution in [0.15, 0.2) is 0 Å². The Hall–Kier alpha value is -0.190. The monoisotopic (exact) mass is 219 g/mol. The summed E-state index contributed by atoms with van der Waals surface area (Å²) in [6.45, 7) is 0. The zero-order valence-corrected chi connectivity index (χ0v) is 7.63. The van der Waals surface area contributed by atoms with Gasteiger partial charge in [0.05, 0.1) is 7.11 Å². The Bertz CT molecular complexity index is 163. The van der Waals surface area contributed by atoms with Crippen molar-refractivity contribution in [3.63, 3.8) is 0 Å². The largest absolute Gasteiger partial charge is 0.466 e. The normalized spacial score (nSPS) is 10.5. The van der Waals surface area contributed by atoms with Crippen molar-refractivity contribution in [2.75, 3.05) is 7.11 Å². The van der Waals surface area contributed by atoms with Crippen molar-refractivity contribution in [1.29, 1.82) is 0 Å². The molecule has 11 heavy (non-hydrogen) atoms. The number of hydrogen-bond acceptors (Lipinski definition) is 3. The van der Waals surface area contributed by atoms with Gasteiger partial charge in [0.1, 0.15) is 0 Å². The molecule has 0 radical (unpaired) electrons. The van der Waals surface area contributed by atoms with Gasteiger partial charge in [-0.1, -0.05) is 23.2 Å². The van der Waals surface area contributed by atoms with Gasteiger partial charge < -0.3 is 4.74 Å². The smallest absolute Gasteiger partial charge is 0.352 e. The number of ether oxygens (including phenoxy) is 1. The molecule has 7 heteroatoms. The summed E-state index contributed by atoms with van der Waals surface area (Å²) >= 11 is 15.3. The third-order valence-corrected chi connectivity index (χ3v) is 1.64. The lowest BCUT2D eigenvalue weighted by Crippen LogP contribution is -2.41. The van der Waals surface area contributed by atoms with Crippen LogP contribution < -0.4 is 4.84 Å². The molecule has 0 fully saturated rings. The molecule has 0 bridgehead atoms. The Balaban J connectivity index is 4.44. The van der Waals surface area contributed by atoms with E-state index in [2.05, 4.69) is 4.74 Å². The van der Waals surface area contributed by atoms with Crippen LogP contribution >= 0.6 is 35.0 Å². The van der Waals surface area contributed by atoms with E-state index in [1.54, 1.807) is 4.84 Å². The van der Waals surface area contributed by atoms with Crippen LogP contribution in [0.5, 0.6) is 0 Å². The molecule has 1 N–H and O–H groups in total. The van der Waals surface area contributed by atoms with Crippen molar-refractivity contribution < 1.29 is 14.3 Å². The van der Waals surface area contributed by atoms with Crippen molar-refractivity contribution in [2.45, 2.75) is 4.33 Å². The second kappa shape index (κ2) is 3.99. The highest BCUT2D eigenvalue weighted by atomic mass is 35.5. The van der Waals surface area contributed by atoms with Crippen molar-refractivity contribution in [3.8, 4) is 0 Å². The van der Waals surface area contributed by atoms with E-state index >= 15 is 0 Å². The average Bonchev–Trinajstić information content (AvgIpc) is 2.01. The lowest BCUT2D eigenvalue weighted by molar-refractivity contribution is -0.144. The van der Waals surface area contributed by atoms with Crippen LogP contribution in [0.3, 0.4) is 0 Å². The molecule has 4 nitrogen and oxygen atoms in total. The van der Waals surface area contributed by atoms with Crippen LogP contribution in [0.2, 0.25) is 0 Å². The fraction of sp³-hybridized carbons (Fsp3) is 0.500. The SMILES string of the molecule is COC(=O)C(Cl)(Cl)C(=O)NCl. The lowest BCUT2D eigenvalue weighted by Gasteiger charge is -2.12. The molecule has 0 unspecified atom stereocenters. The molecule has 0 atom stereocenters. The molecule has 0 aromatic carbocycles. The maximum Gasteiger partial charge on any atom is 0.352 e. The Kier molecular flexibility index (Phi) is 3.92. The van der Waals surface area contributed by atoms with Gasteiger partial charge >= 0.3 is 5.97 Å². The number of esters is 1. The molecule has 0 spiro atoms. The Morgan fingerprint density at radius 1 is 1.45 bits per heavy atom. The van der Waals surface area contributed by atoms with Crippen LogP contribution in [0.1, 0.15) is 0 Å². The molecule has 0 rings (SSSR count). The van der Waals surface area contributed by atoms with E-state index in [0.29, 0.717) is 0 Å². The summed E-state index contributed by atoms with van der Waals surface area (Å²) in [5.41, 5.74) is 0. The summed E-state index contributed by atoms with van der Waals surface area (Å²) in [4.78, 5) is 22.8. The molecule has 0 aromatic heterocycles. The number of hydrogen-bond donors (Lipinski definition) is 1. The maximum absolute atomic E-state index is 10.6. The van der Waals surface area contributed by atoms with Crippen LogP contribution in [0, 0.1) is 0 Å². The first-order chi connectivity index (χ1) is 4.96. The van der Waals surface area contributed by atoms with Gasteiger partial charge in [-0.15, -0.1) is 0 Å². The highest BCUT2D eigenvalue weighted by Gasteiger charge is 2.43. The van der Waals surface area contributed by atoms with Crippen molar-refractivity contribution in [3.05, 3.63) is 0 Å². The van der Waals surface area contributed by atoms with E-state index in [-0.39, 0.29) is 0 Å². The summed E-state index contributed by atoms with van der Waals surface area (Å²) in [6, 6.07) is 0. The lowest BCUT2D eigenvalue weighted by atomic mass is 10.4. The first kappa shape index (κ1) is 10.8. The van der Waals surface area contributed by atoms with E-state index in [0.717, 1.165) is 7.11 Å². The van der Waals surface area contributed by atoms with Crippen molar-refractivity contribution in [1.82, 2.24) is 4.84 Å². The number of halogens is 3. The molecule has 0 saturated carbocycles. The first-order valence-corrected chi connectivity index (χ1v) is 3.47. The van der Waals surface area contributed by atoms with E-state index in [9.17, 15) is 9.59 Å². The number of rotatable bonds is 2. The fourth-order valence-corrected chi connectivity index (χ4v) is 0.767. The minimum Gasteiger partial charge on any atom is -0.466 e. The number of alkyl halides is 2. The van der Waals surface area contributed by atoms with Crippen LogP contribution in [0.4, 0.5) is 0 Å². The van der Waals surface area contributed by atoms with E-state index in [1.807, 2.05) is 0 Å². The quantitative estimate of drug-likeness (QED) is 0.321. The van der Waals surface area contributed by atoms with E-state index < -0.39 is 16.2 Å². The Labute approximate surface area is 77.8 Å². The predicted octanol–water partition coefficient (Wildman–Crippen LogP) is 0.603. The average molecular weight is 220 g/mol. The van der Waals surface area contributed by atoms with Gasteiger partial charge in [-0.05, 0) is 0 Å². The third kappa shape index (κ3) is 2.39. The molecule has 0 aliphatic heterocycles. The van der Waals surface area contributed by atoms with Gasteiger partial charge in [-0.25, -0.2) is 4.79 Å². The molecule has 1 amide bonds. The minimum absolute atomic E-state index is 1.04. The topological polar surface area (TPSA) is 55.4 Å². The molecule has 0 aromatic rings. The number of methoxy groups -OCH3 is 1. The molecular weight excluding hydrogens is 216 g/mol. The minimum atomic E-state index is -2.28. The van der Waals surface area contributed by atoms with Crippen LogP contribution in [0.25, 0.3) is 0 Å². The first-order valence-electron chi connectivity index (χ1n) is 2.34. The maximum atomic E-state index is 10.6. The van der Waals surface area contributed by atoms with Gasteiger partial charge in [-0.3, -0.25) is 9.63 Å². The molecule has 0 aliphatic rings. The van der Waals surface area contributed by atoms with Crippen molar-refractivity contribution in [2.24, 2.45) is 0 Å². The van der Waals surface area contributed by atoms with Crippen molar-refractivity contribution >= 4 is 46.9 Å². The van der Waals surface area contributed by atoms with E-state index in [4.69, 9.17) is 35.0 Å².